The minimum Gasteiger partial charge on any atom is -0.327 e. The minimum absolute atomic E-state index is 0.196. The Morgan fingerprint density at radius 1 is 0.594 bits per heavy atom. The van der Waals surface area contributed by atoms with E-state index in [4.69, 9.17) is 14.2 Å². The summed E-state index contributed by atoms with van der Waals surface area (Å²) < 4.78 is 19.6. The summed E-state index contributed by atoms with van der Waals surface area (Å²) in [6.07, 6.45) is 16.2. The molecular formula is C29H52O3. The predicted octanol–water partition coefficient (Wildman–Crippen LogP) is 8.70. The van der Waals surface area contributed by atoms with Crippen LogP contribution in [0.15, 0.2) is 30.3 Å². The fraction of sp³-hybridized carbons (Fsp3) is 0.793. The normalized spacial score (nSPS) is 12.9. The molecular weight excluding hydrogens is 396 g/mol. The molecule has 3 heteroatoms. The number of rotatable bonds is 22. The first-order valence-electron chi connectivity index (χ1n) is 13.7. The van der Waals surface area contributed by atoms with Gasteiger partial charge in [0.1, 0.15) is 0 Å². The lowest BCUT2D eigenvalue weighted by Crippen LogP contribution is -2.48. The lowest BCUT2D eigenvalue weighted by molar-refractivity contribution is -0.406. The summed E-state index contributed by atoms with van der Waals surface area (Å²) in [7, 11) is 0. The molecule has 32 heavy (non-hydrogen) atoms. The van der Waals surface area contributed by atoms with Crippen molar-refractivity contribution in [1.82, 2.24) is 0 Å². The van der Waals surface area contributed by atoms with Crippen LogP contribution in [-0.2, 0) is 20.6 Å². The first-order chi connectivity index (χ1) is 15.7. The standard InChI is InChI=1S/C29H52O3/c1-5-9-13-14-15-19-22-28(26-27-20-17-16-18-21-27)29(30-23-10-6-2,31-24-11-7-3)32-25-12-8-4/h16-18,20-21,28H,5-15,19,22-26H2,1-4H3. The van der Waals surface area contributed by atoms with Gasteiger partial charge in [0.15, 0.2) is 0 Å². The van der Waals surface area contributed by atoms with Crippen molar-refractivity contribution in [2.45, 2.75) is 124 Å². The van der Waals surface area contributed by atoms with Crippen molar-refractivity contribution in [1.29, 1.82) is 0 Å². The predicted molar refractivity (Wildman–Crippen MR) is 137 cm³/mol. The second kappa shape index (κ2) is 19.6. The molecule has 0 N–H and O–H groups in total. The van der Waals surface area contributed by atoms with Crippen molar-refractivity contribution in [3.63, 3.8) is 0 Å². The average molecular weight is 449 g/mol. The Kier molecular flexibility index (Phi) is 17.8. The number of ether oxygens (including phenoxy) is 3. The van der Waals surface area contributed by atoms with Gasteiger partial charge in [0.2, 0.25) is 0 Å². The molecule has 0 aliphatic carbocycles. The van der Waals surface area contributed by atoms with E-state index in [0.717, 1.165) is 51.4 Å². The summed E-state index contributed by atoms with van der Waals surface area (Å²) in [6.45, 7) is 11.0. The summed E-state index contributed by atoms with van der Waals surface area (Å²) in [6, 6.07) is 10.8. The molecule has 0 fully saturated rings. The lowest BCUT2D eigenvalue weighted by Gasteiger charge is -2.40. The van der Waals surface area contributed by atoms with Gasteiger partial charge < -0.3 is 14.2 Å². The molecule has 0 saturated heterocycles. The summed E-state index contributed by atoms with van der Waals surface area (Å²) in [4.78, 5) is 0. The van der Waals surface area contributed by atoms with Crippen LogP contribution in [0.3, 0.4) is 0 Å². The smallest absolute Gasteiger partial charge is 0.286 e. The molecule has 0 amide bonds. The van der Waals surface area contributed by atoms with E-state index in [1.54, 1.807) is 0 Å². The Morgan fingerprint density at radius 3 is 1.56 bits per heavy atom. The van der Waals surface area contributed by atoms with Crippen molar-refractivity contribution < 1.29 is 14.2 Å². The Hall–Kier alpha value is -0.900. The lowest BCUT2D eigenvalue weighted by atomic mass is 9.90. The van der Waals surface area contributed by atoms with Gasteiger partial charge >= 0.3 is 0 Å². The fourth-order valence-electron chi connectivity index (χ4n) is 4.03. The highest BCUT2D eigenvalue weighted by atomic mass is 16.9. The average Bonchev–Trinajstić information content (AvgIpc) is 2.81. The molecule has 0 heterocycles. The monoisotopic (exact) mass is 448 g/mol. The third-order valence-electron chi connectivity index (χ3n) is 6.13. The molecule has 186 valence electrons. The Labute approximate surface area is 199 Å². The third-order valence-corrected chi connectivity index (χ3v) is 6.13. The van der Waals surface area contributed by atoms with E-state index >= 15 is 0 Å². The zero-order chi connectivity index (χ0) is 23.3. The van der Waals surface area contributed by atoms with Crippen LogP contribution in [0.4, 0.5) is 0 Å². The van der Waals surface area contributed by atoms with Crippen molar-refractivity contribution in [3.8, 4) is 0 Å². The van der Waals surface area contributed by atoms with Crippen LogP contribution >= 0.6 is 0 Å². The maximum atomic E-state index is 6.55. The van der Waals surface area contributed by atoms with Crippen LogP contribution in [0, 0.1) is 5.92 Å². The number of hydrogen-bond donors (Lipinski definition) is 0. The molecule has 3 nitrogen and oxygen atoms in total. The molecule has 1 aromatic rings. The van der Waals surface area contributed by atoms with Crippen LogP contribution in [-0.4, -0.2) is 25.8 Å². The quantitative estimate of drug-likeness (QED) is 0.131. The van der Waals surface area contributed by atoms with E-state index in [9.17, 15) is 0 Å². The molecule has 1 rings (SSSR count). The molecule has 0 saturated carbocycles. The van der Waals surface area contributed by atoms with Gasteiger partial charge in [0, 0.05) is 5.92 Å². The first kappa shape index (κ1) is 29.1. The van der Waals surface area contributed by atoms with Crippen molar-refractivity contribution in [2.24, 2.45) is 5.92 Å². The van der Waals surface area contributed by atoms with Gasteiger partial charge in [-0.3, -0.25) is 0 Å². The number of hydrogen-bond acceptors (Lipinski definition) is 3. The Morgan fingerprint density at radius 2 is 1.06 bits per heavy atom. The van der Waals surface area contributed by atoms with Crippen molar-refractivity contribution in [2.75, 3.05) is 19.8 Å². The van der Waals surface area contributed by atoms with Crippen LogP contribution < -0.4 is 0 Å². The van der Waals surface area contributed by atoms with Crippen LogP contribution in [0.1, 0.15) is 117 Å². The maximum Gasteiger partial charge on any atom is 0.286 e. The summed E-state index contributed by atoms with van der Waals surface area (Å²) >= 11 is 0. The van der Waals surface area contributed by atoms with E-state index in [1.807, 2.05) is 0 Å². The Balaban J connectivity index is 3.04. The minimum atomic E-state index is -0.932. The molecule has 0 spiro atoms. The first-order valence-corrected chi connectivity index (χ1v) is 13.7. The molecule has 1 aromatic carbocycles. The highest BCUT2D eigenvalue weighted by Crippen LogP contribution is 2.34. The van der Waals surface area contributed by atoms with Gasteiger partial charge in [-0.25, -0.2) is 0 Å². The van der Waals surface area contributed by atoms with Gasteiger partial charge in [-0.05, 0) is 37.7 Å². The molecule has 0 radical (unpaired) electrons. The zero-order valence-electron chi connectivity index (χ0n) is 21.7. The van der Waals surface area contributed by atoms with Crippen molar-refractivity contribution >= 4 is 0 Å². The highest BCUT2D eigenvalue weighted by molar-refractivity contribution is 5.15. The van der Waals surface area contributed by atoms with E-state index in [2.05, 4.69) is 58.0 Å². The molecule has 0 aliphatic rings. The van der Waals surface area contributed by atoms with E-state index in [1.165, 1.54) is 44.1 Å². The maximum absolute atomic E-state index is 6.55. The van der Waals surface area contributed by atoms with E-state index < -0.39 is 5.97 Å². The van der Waals surface area contributed by atoms with Crippen molar-refractivity contribution in [3.05, 3.63) is 35.9 Å². The third kappa shape index (κ3) is 12.4. The molecule has 0 bridgehead atoms. The highest BCUT2D eigenvalue weighted by Gasteiger charge is 2.42. The van der Waals surface area contributed by atoms with E-state index in [-0.39, 0.29) is 5.92 Å². The molecule has 1 atom stereocenters. The van der Waals surface area contributed by atoms with E-state index in [0.29, 0.717) is 19.8 Å². The molecule has 0 aliphatic heterocycles. The van der Waals surface area contributed by atoms with Crippen LogP contribution in [0.25, 0.3) is 0 Å². The largest absolute Gasteiger partial charge is 0.327 e. The molecule has 1 unspecified atom stereocenters. The topological polar surface area (TPSA) is 27.7 Å². The van der Waals surface area contributed by atoms with Gasteiger partial charge in [-0.15, -0.1) is 0 Å². The second-order valence-corrected chi connectivity index (χ2v) is 9.15. The van der Waals surface area contributed by atoms with Gasteiger partial charge in [-0.1, -0.05) is 116 Å². The summed E-state index contributed by atoms with van der Waals surface area (Å²) in [5, 5.41) is 0. The zero-order valence-corrected chi connectivity index (χ0v) is 21.7. The Bertz CT molecular complexity index is 490. The van der Waals surface area contributed by atoms with Gasteiger partial charge in [0.05, 0.1) is 19.8 Å². The van der Waals surface area contributed by atoms with Crippen LogP contribution in [0.2, 0.25) is 0 Å². The van der Waals surface area contributed by atoms with Gasteiger partial charge in [0.25, 0.3) is 5.97 Å². The summed E-state index contributed by atoms with van der Waals surface area (Å²) in [5.74, 6) is -0.736. The SMILES string of the molecule is CCCCCCCCC(Cc1ccccc1)C(OCCCC)(OCCCC)OCCCC. The number of benzene rings is 1. The second-order valence-electron chi connectivity index (χ2n) is 9.15. The van der Waals surface area contributed by atoms with Gasteiger partial charge in [-0.2, -0.15) is 0 Å². The fourth-order valence-corrected chi connectivity index (χ4v) is 4.03. The summed E-state index contributed by atoms with van der Waals surface area (Å²) in [5.41, 5.74) is 1.34. The number of unbranched alkanes of at least 4 members (excludes halogenated alkanes) is 8. The molecule has 0 aromatic heterocycles. The van der Waals surface area contributed by atoms with Crippen LogP contribution in [0.5, 0.6) is 0 Å².